The summed E-state index contributed by atoms with van der Waals surface area (Å²) >= 11 is 0. The van der Waals surface area contributed by atoms with Gasteiger partial charge in [0.2, 0.25) is 0 Å². The smallest absolute Gasteiger partial charge is 0.435 e. The van der Waals surface area contributed by atoms with E-state index >= 15 is 0 Å². The third-order valence-electron chi connectivity index (χ3n) is 3.53. The van der Waals surface area contributed by atoms with Crippen LogP contribution in [0.2, 0.25) is 0 Å². The predicted molar refractivity (Wildman–Crippen MR) is 66.6 cm³/mol. The lowest BCUT2D eigenvalue weighted by atomic mass is 9.79. The Morgan fingerprint density at radius 2 is 1.79 bits per heavy atom. The Kier molecular flexibility index (Phi) is 3.53. The van der Waals surface area contributed by atoms with Crippen molar-refractivity contribution >= 4 is 12.6 Å². The Morgan fingerprint density at radius 1 is 1.21 bits per heavy atom. The van der Waals surface area contributed by atoms with Gasteiger partial charge in [-0.15, -0.1) is 0 Å². The van der Waals surface area contributed by atoms with E-state index in [4.69, 9.17) is 9.31 Å². The zero-order valence-corrected chi connectivity index (χ0v) is 11.3. The molecule has 1 fully saturated rings. The SMILES string of the molecule is CC1(C)OB(c2cnccc2OC(F)F)OC1(C)C. The summed E-state index contributed by atoms with van der Waals surface area (Å²) in [6, 6.07) is 1.37. The van der Waals surface area contributed by atoms with E-state index in [0.29, 0.717) is 5.46 Å². The summed E-state index contributed by atoms with van der Waals surface area (Å²) in [6.45, 7) is 4.64. The minimum absolute atomic E-state index is 0.0171. The molecule has 1 aromatic heterocycles. The highest BCUT2D eigenvalue weighted by Gasteiger charge is 2.52. The van der Waals surface area contributed by atoms with E-state index in [1.54, 1.807) is 0 Å². The van der Waals surface area contributed by atoms with Gasteiger partial charge in [0.1, 0.15) is 5.75 Å². The van der Waals surface area contributed by atoms with Gasteiger partial charge in [0.05, 0.1) is 11.2 Å². The highest BCUT2D eigenvalue weighted by atomic mass is 19.3. The number of rotatable bonds is 3. The van der Waals surface area contributed by atoms with Crippen molar-refractivity contribution < 1.29 is 22.8 Å². The minimum Gasteiger partial charge on any atom is -0.435 e. The first kappa shape index (κ1) is 14.2. The predicted octanol–water partition coefficient (Wildman–Crippen LogP) is 1.98. The molecular formula is C12H16BF2NO3. The average Bonchev–Trinajstić information content (AvgIpc) is 2.48. The minimum atomic E-state index is -2.90. The normalized spacial score (nSPS) is 20.9. The lowest BCUT2D eigenvalue weighted by molar-refractivity contribution is -0.0493. The topological polar surface area (TPSA) is 40.6 Å². The van der Waals surface area contributed by atoms with Gasteiger partial charge in [-0.2, -0.15) is 8.78 Å². The second kappa shape index (κ2) is 4.72. The molecule has 7 heteroatoms. The Bertz CT molecular complexity index is 452. The molecule has 0 N–H and O–H groups in total. The van der Waals surface area contributed by atoms with Crippen molar-refractivity contribution in [2.24, 2.45) is 0 Å². The zero-order valence-electron chi connectivity index (χ0n) is 11.3. The first-order valence-corrected chi connectivity index (χ1v) is 5.97. The van der Waals surface area contributed by atoms with Crippen LogP contribution in [-0.4, -0.2) is 29.9 Å². The summed E-state index contributed by atoms with van der Waals surface area (Å²) in [4.78, 5) is 3.91. The Morgan fingerprint density at radius 3 is 2.32 bits per heavy atom. The van der Waals surface area contributed by atoms with Crippen molar-refractivity contribution in [2.45, 2.75) is 45.5 Å². The van der Waals surface area contributed by atoms with Crippen LogP contribution in [0, 0.1) is 0 Å². The van der Waals surface area contributed by atoms with Gasteiger partial charge in [0.15, 0.2) is 0 Å². The molecule has 0 spiro atoms. The number of alkyl halides is 2. The Balaban J connectivity index is 2.29. The fourth-order valence-corrected chi connectivity index (χ4v) is 1.74. The maximum atomic E-state index is 12.4. The molecule has 0 atom stereocenters. The standard InChI is InChI=1S/C12H16BF2NO3/c1-11(2)12(3,4)19-13(18-11)8-7-16-6-5-9(8)17-10(14)15/h5-7,10H,1-4H3. The molecule has 0 aromatic carbocycles. The fraction of sp³-hybridized carbons (Fsp3) is 0.583. The molecule has 0 bridgehead atoms. The first-order chi connectivity index (χ1) is 8.73. The van der Waals surface area contributed by atoms with E-state index in [0.717, 1.165) is 0 Å². The molecule has 0 saturated carbocycles. The van der Waals surface area contributed by atoms with E-state index in [2.05, 4.69) is 9.72 Å². The van der Waals surface area contributed by atoms with Crippen LogP contribution in [0.4, 0.5) is 8.78 Å². The quantitative estimate of drug-likeness (QED) is 0.788. The van der Waals surface area contributed by atoms with Crippen molar-refractivity contribution in [3.8, 4) is 5.75 Å². The molecule has 1 aromatic rings. The molecule has 4 nitrogen and oxygen atoms in total. The number of hydrogen-bond acceptors (Lipinski definition) is 4. The highest BCUT2D eigenvalue weighted by molar-refractivity contribution is 6.63. The summed E-state index contributed by atoms with van der Waals surface area (Å²) in [5, 5.41) is 0. The van der Waals surface area contributed by atoms with Crippen molar-refractivity contribution in [3.63, 3.8) is 0 Å². The van der Waals surface area contributed by atoms with Gasteiger partial charge in [-0.05, 0) is 33.8 Å². The third-order valence-corrected chi connectivity index (χ3v) is 3.53. The summed E-state index contributed by atoms with van der Waals surface area (Å²) in [7, 11) is -0.771. The lowest BCUT2D eigenvalue weighted by Crippen LogP contribution is -2.41. The van der Waals surface area contributed by atoms with Gasteiger partial charge in [-0.3, -0.25) is 4.98 Å². The number of hydrogen-bond donors (Lipinski definition) is 0. The lowest BCUT2D eigenvalue weighted by Gasteiger charge is -2.32. The van der Waals surface area contributed by atoms with Gasteiger partial charge >= 0.3 is 13.7 Å². The van der Waals surface area contributed by atoms with Crippen LogP contribution in [0.3, 0.4) is 0 Å². The first-order valence-electron chi connectivity index (χ1n) is 5.97. The second-order valence-electron chi connectivity index (χ2n) is 5.38. The molecule has 1 aliphatic heterocycles. The zero-order chi connectivity index (χ0) is 14.3. The molecular weight excluding hydrogens is 255 g/mol. The van der Waals surface area contributed by atoms with Crippen molar-refractivity contribution in [1.82, 2.24) is 4.98 Å². The van der Waals surface area contributed by atoms with Crippen LogP contribution in [0.15, 0.2) is 18.5 Å². The second-order valence-corrected chi connectivity index (χ2v) is 5.38. The van der Waals surface area contributed by atoms with E-state index in [1.165, 1.54) is 18.5 Å². The highest BCUT2D eigenvalue weighted by Crippen LogP contribution is 2.37. The molecule has 104 valence electrons. The number of nitrogens with zero attached hydrogens (tertiary/aromatic N) is 1. The van der Waals surface area contributed by atoms with Crippen LogP contribution in [0.5, 0.6) is 5.75 Å². The number of pyridine rings is 1. The molecule has 2 heterocycles. The Hall–Kier alpha value is -1.21. The van der Waals surface area contributed by atoms with Gasteiger partial charge in [0.25, 0.3) is 0 Å². The van der Waals surface area contributed by atoms with Crippen molar-refractivity contribution in [3.05, 3.63) is 18.5 Å². The summed E-state index contributed by atoms with van der Waals surface area (Å²) < 4.78 is 40.8. The van der Waals surface area contributed by atoms with Gasteiger partial charge in [-0.1, -0.05) is 0 Å². The molecule has 19 heavy (non-hydrogen) atoms. The van der Waals surface area contributed by atoms with Gasteiger partial charge in [-0.25, -0.2) is 0 Å². The number of halogens is 2. The molecule has 0 aliphatic carbocycles. The van der Waals surface area contributed by atoms with E-state index < -0.39 is 24.9 Å². The monoisotopic (exact) mass is 271 g/mol. The van der Waals surface area contributed by atoms with Crippen LogP contribution in [0.1, 0.15) is 27.7 Å². The van der Waals surface area contributed by atoms with Crippen LogP contribution >= 0.6 is 0 Å². The maximum Gasteiger partial charge on any atom is 0.500 e. The van der Waals surface area contributed by atoms with E-state index in [1.807, 2.05) is 27.7 Å². The molecule has 0 unspecified atom stereocenters. The maximum absolute atomic E-state index is 12.4. The van der Waals surface area contributed by atoms with Crippen LogP contribution in [0.25, 0.3) is 0 Å². The third kappa shape index (κ3) is 2.72. The summed E-state index contributed by atoms with van der Waals surface area (Å²) in [5.74, 6) is 0.0171. The molecule has 1 aliphatic rings. The Labute approximate surface area is 111 Å². The average molecular weight is 271 g/mol. The molecule has 1 saturated heterocycles. The van der Waals surface area contributed by atoms with Gasteiger partial charge in [0, 0.05) is 17.9 Å². The van der Waals surface area contributed by atoms with E-state index in [-0.39, 0.29) is 5.75 Å². The number of ether oxygens (including phenoxy) is 1. The van der Waals surface area contributed by atoms with Crippen molar-refractivity contribution in [2.75, 3.05) is 0 Å². The molecule has 0 amide bonds. The molecule has 2 rings (SSSR count). The summed E-state index contributed by atoms with van der Waals surface area (Å²) in [6.07, 6.45) is 2.80. The van der Waals surface area contributed by atoms with E-state index in [9.17, 15) is 8.78 Å². The van der Waals surface area contributed by atoms with Crippen LogP contribution in [-0.2, 0) is 9.31 Å². The largest absolute Gasteiger partial charge is 0.500 e. The van der Waals surface area contributed by atoms with Crippen LogP contribution < -0.4 is 10.2 Å². The fourth-order valence-electron chi connectivity index (χ4n) is 1.74. The number of aromatic nitrogens is 1. The van der Waals surface area contributed by atoms with Crippen molar-refractivity contribution in [1.29, 1.82) is 0 Å². The van der Waals surface area contributed by atoms with Gasteiger partial charge < -0.3 is 14.0 Å². The molecule has 0 radical (unpaired) electrons. The summed E-state index contributed by atoms with van der Waals surface area (Å²) in [5.41, 5.74) is -0.730.